The highest BCUT2D eigenvalue weighted by Crippen LogP contribution is 2.19. The van der Waals surface area contributed by atoms with Crippen molar-refractivity contribution in [1.29, 1.82) is 0 Å². The molecule has 0 radical (unpaired) electrons. The molecule has 1 aromatic rings. The molecule has 5 nitrogen and oxygen atoms in total. The Bertz CT molecular complexity index is 463. The molecule has 84 valence electrons. The van der Waals surface area contributed by atoms with E-state index in [-0.39, 0.29) is 16.6 Å². The summed E-state index contributed by atoms with van der Waals surface area (Å²) in [6.45, 7) is 0. The molecule has 1 aromatic heterocycles. The molecule has 2 N–H and O–H groups in total. The zero-order valence-corrected chi connectivity index (χ0v) is 9.17. The first kappa shape index (κ1) is 10.9. The van der Waals surface area contributed by atoms with Crippen LogP contribution in [0, 0.1) is 0 Å². The van der Waals surface area contributed by atoms with E-state index >= 15 is 0 Å². The minimum atomic E-state index is -0.399. The molecule has 2 rings (SSSR count). The zero-order chi connectivity index (χ0) is 11.5. The molecule has 1 unspecified atom stereocenters. The van der Waals surface area contributed by atoms with Gasteiger partial charge in [0.25, 0.3) is 5.91 Å². The molecule has 0 aliphatic carbocycles. The zero-order valence-electron chi connectivity index (χ0n) is 8.36. The van der Waals surface area contributed by atoms with Crippen LogP contribution in [0.1, 0.15) is 16.8 Å². The van der Waals surface area contributed by atoms with Gasteiger partial charge in [-0.15, -0.1) is 0 Å². The standard InChI is InChI=1S/C10H10N2O3S/c13-8-2-1-6(5-11-8)9(14)12-7-3-4-16-10(7)15/h1-2,5,7H,3-4H2,(H,11,13)(H,12,14). The summed E-state index contributed by atoms with van der Waals surface area (Å²) in [5.74, 6) is 0.409. The minimum Gasteiger partial charge on any atom is -0.341 e. The summed E-state index contributed by atoms with van der Waals surface area (Å²) in [7, 11) is 0. The number of nitrogens with one attached hydrogen (secondary N) is 2. The maximum Gasteiger partial charge on any atom is 0.253 e. The number of rotatable bonds is 2. The lowest BCUT2D eigenvalue weighted by atomic mass is 10.2. The van der Waals surface area contributed by atoms with Crippen molar-refractivity contribution in [2.45, 2.75) is 12.5 Å². The van der Waals surface area contributed by atoms with Crippen LogP contribution >= 0.6 is 11.8 Å². The van der Waals surface area contributed by atoms with Gasteiger partial charge in [-0.3, -0.25) is 14.4 Å². The second-order valence-electron chi connectivity index (χ2n) is 3.42. The maximum atomic E-state index is 11.7. The molecule has 0 spiro atoms. The first-order chi connectivity index (χ1) is 7.66. The molecule has 0 aromatic carbocycles. The van der Waals surface area contributed by atoms with E-state index in [0.717, 1.165) is 5.75 Å². The summed E-state index contributed by atoms with van der Waals surface area (Å²) < 4.78 is 0. The van der Waals surface area contributed by atoms with Crippen LogP contribution in [0.25, 0.3) is 0 Å². The fraction of sp³-hybridized carbons (Fsp3) is 0.300. The van der Waals surface area contributed by atoms with Crippen molar-refractivity contribution in [3.63, 3.8) is 0 Å². The van der Waals surface area contributed by atoms with Gasteiger partial charge in [-0.25, -0.2) is 0 Å². The monoisotopic (exact) mass is 238 g/mol. The Morgan fingerprint density at radius 1 is 1.44 bits per heavy atom. The summed E-state index contributed by atoms with van der Waals surface area (Å²) in [6.07, 6.45) is 2.00. The number of thioether (sulfide) groups is 1. The highest BCUT2D eigenvalue weighted by Gasteiger charge is 2.26. The summed E-state index contributed by atoms with van der Waals surface area (Å²) >= 11 is 1.23. The number of aromatic amines is 1. The van der Waals surface area contributed by atoms with Crippen LogP contribution in [0.3, 0.4) is 0 Å². The second-order valence-corrected chi connectivity index (χ2v) is 4.52. The molecule has 1 aliphatic rings. The van der Waals surface area contributed by atoms with Crippen LogP contribution in [0.2, 0.25) is 0 Å². The smallest absolute Gasteiger partial charge is 0.253 e. The molecule has 1 atom stereocenters. The molecule has 1 fully saturated rings. The van der Waals surface area contributed by atoms with Gasteiger partial charge in [0.2, 0.25) is 10.7 Å². The predicted molar refractivity (Wildman–Crippen MR) is 60.4 cm³/mol. The van der Waals surface area contributed by atoms with Crippen molar-refractivity contribution in [1.82, 2.24) is 10.3 Å². The van der Waals surface area contributed by atoms with Gasteiger partial charge in [-0.2, -0.15) is 0 Å². The van der Waals surface area contributed by atoms with Gasteiger partial charge < -0.3 is 10.3 Å². The van der Waals surface area contributed by atoms with E-state index < -0.39 is 6.04 Å². The van der Waals surface area contributed by atoms with Crippen molar-refractivity contribution >= 4 is 22.8 Å². The molecular weight excluding hydrogens is 228 g/mol. The quantitative estimate of drug-likeness (QED) is 0.768. The average Bonchev–Trinajstić information content (AvgIpc) is 2.65. The minimum absolute atomic E-state index is 0.00206. The van der Waals surface area contributed by atoms with Crippen molar-refractivity contribution < 1.29 is 9.59 Å². The van der Waals surface area contributed by atoms with Crippen molar-refractivity contribution in [3.8, 4) is 0 Å². The predicted octanol–water partition coefficient (Wildman–Crippen LogP) is 0.137. The van der Waals surface area contributed by atoms with Crippen LogP contribution in [-0.4, -0.2) is 27.8 Å². The summed E-state index contributed by atoms with van der Waals surface area (Å²) in [5.41, 5.74) is 0.0911. The van der Waals surface area contributed by atoms with Gasteiger partial charge in [0.05, 0.1) is 11.6 Å². The SMILES string of the molecule is O=C(NC1CCSC1=O)c1ccc(=O)[nH]c1. The fourth-order valence-electron chi connectivity index (χ4n) is 1.42. The molecular formula is C10H10N2O3S. The lowest BCUT2D eigenvalue weighted by molar-refractivity contribution is -0.112. The van der Waals surface area contributed by atoms with Crippen molar-refractivity contribution in [3.05, 3.63) is 34.2 Å². The van der Waals surface area contributed by atoms with E-state index in [0.29, 0.717) is 12.0 Å². The first-order valence-corrected chi connectivity index (χ1v) is 5.81. The Kier molecular flexibility index (Phi) is 3.09. The average molecular weight is 238 g/mol. The molecule has 0 bridgehead atoms. The van der Waals surface area contributed by atoms with Gasteiger partial charge in [0, 0.05) is 18.0 Å². The van der Waals surface area contributed by atoms with E-state index in [1.165, 1.54) is 30.1 Å². The van der Waals surface area contributed by atoms with Crippen molar-refractivity contribution in [2.75, 3.05) is 5.75 Å². The van der Waals surface area contributed by atoms with E-state index in [1.54, 1.807) is 0 Å². The van der Waals surface area contributed by atoms with Gasteiger partial charge in [-0.05, 0) is 12.5 Å². The Balaban J connectivity index is 2.05. The van der Waals surface area contributed by atoms with Gasteiger partial charge >= 0.3 is 0 Å². The van der Waals surface area contributed by atoms with E-state index in [1.807, 2.05) is 0 Å². The van der Waals surface area contributed by atoms with Crippen LogP contribution < -0.4 is 10.9 Å². The highest BCUT2D eigenvalue weighted by molar-refractivity contribution is 8.14. The number of aromatic nitrogens is 1. The van der Waals surface area contributed by atoms with Crippen LogP contribution in [0.4, 0.5) is 0 Å². The van der Waals surface area contributed by atoms with Crippen LogP contribution in [0.15, 0.2) is 23.1 Å². The Morgan fingerprint density at radius 3 is 2.81 bits per heavy atom. The van der Waals surface area contributed by atoms with Crippen molar-refractivity contribution in [2.24, 2.45) is 0 Å². The summed E-state index contributed by atoms with van der Waals surface area (Å²) in [5, 5.41) is 2.63. The molecule has 1 saturated heterocycles. The van der Waals surface area contributed by atoms with Crippen LogP contribution in [-0.2, 0) is 4.79 Å². The van der Waals surface area contributed by atoms with E-state index in [4.69, 9.17) is 0 Å². The van der Waals surface area contributed by atoms with Gasteiger partial charge in [-0.1, -0.05) is 11.8 Å². The molecule has 16 heavy (non-hydrogen) atoms. The normalized spacial score (nSPS) is 19.8. The number of carbonyl (C=O) groups excluding carboxylic acids is 2. The second kappa shape index (κ2) is 4.52. The Hall–Kier alpha value is -1.56. The van der Waals surface area contributed by atoms with E-state index in [2.05, 4.69) is 10.3 Å². The van der Waals surface area contributed by atoms with Gasteiger partial charge in [0.15, 0.2) is 0 Å². The summed E-state index contributed by atoms with van der Waals surface area (Å²) in [6, 6.07) is 2.31. The summed E-state index contributed by atoms with van der Waals surface area (Å²) in [4.78, 5) is 36.2. The fourth-order valence-corrected chi connectivity index (χ4v) is 2.35. The molecule has 1 aliphatic heterocycles. The largest absolute Gasteiger partial charge is 0.341 e. The third kappa shape index (κ3) is 2.33. The lowest BCUT2D eigenvalue weighted by Gasteiger charge is -2.09. The molecule has 2 heterocycles. The molecule has 6 heteroatoms. The number of carbonyl (C=O) groups is 2. The topological polar surface area (TPSA) is 79.0 Å². The number of pyridine rings is 1. The first-order valence-electron chi connectivity index (χ1n) is 4.83. The molecule has 0 saturated carbocycles. The Labute approximate surface area is 95.6 Å². The number of H-pyrrole nitrogens is 1. The molecule has 1 amide bonds. The number of hydrogen-bond donors (Lipinski definition) is 2. The third-order valence-corrected chi connectivity index (χ3v) is 3.30. The Morgan fingerprint density at radius 2 is 2.25 bits per heavy atom. The number of hydrogen-bond acceptors (Lipinski definition) is 4. The van der Waals surface area contributed by atoms with E-state index in [9.17, 15) is 14.4 Å². The third-order valence-electron chi connectivity index (χ3n) is 2.29. The van der Waals surface area contributed by atoms with Gasteiger partial charge in [0.1, 0.15) is 0 Å². The lowest BCUT2D eigenvalue weighted by Crippen LogP contribution is -2.37. The van der Waals surface area contributed by atoms with Crippen LogP contribution in [0.5, 0.6) is 0 Å². The number of amides is 1. The maximum absolute atomic E-state index is 11.7. The highest BCUT2D eigenvalue weighted by atomic mass is 32.2.